The highest BCUT2D eigenvalue weighted by Crippen LogP contribution is 2.27. The summed E-state index contributed by atoms with van der Waals surface area (Å²) in [5.74, 6) is -0.164. The second kappa shape index (κ2) is 6.76. The van der Waals surface area contributed by atoms with Crippen molar-refractivity contribution >= 4 is 33.1 Å². The largest absolute Gasteiger partial charge is 0.361 e. The van der Waals surface area contributed by atoms with Gasteiger partial charge in [-0.3, -0.25) is 19.9 Å². The number of pyridine rings is 1. The Morgan fingerprint density at radius 2 is 2.00 bits per heavy atom. The molecule has 1 heterocycles. The summed E-state index contributed by atoms with van der Waals surface area (Å²) in [6.45, 7) is 0. The molecule has 7 heteroatoms. The maximum atomic E-state index is 11.8. The van der Waals surface area contributed by atoms with E-state index in [1.807, 2.05) is 0 Å². The molecule has 2 rings (SSSR count). The number of hydrogen-bond acceptors (Lipinski definition) is 5. The van der Waals surface area contributed by atoms with Crippen molar-refractivity contribution in [3.05, 3.63) is 75.2 Å². The summed E-state index contributed by atoms with van der Waals surface area (Å²) in [7, 11) is 0. The lowest BCUT2D eigenvalue weighted by molar-refractivity contribution is -0.384. The molecule has 0 amide bonds. The van der Waals surface area contributed by atoms with E-state index in [0.717, 1.165) is 0 Å². The molecule has 0 bridgehead atoms. The van der Waals surface area contributed by atoms with E-state index in [1.54, 1.807) is 30.6 Å². The van der Waals surface area contributed by atoms with Crippen molar-refractivity contribution in [2.24, 2.45) is 0 Å². The molecular weight excluding hydrogens is 338 g/mol. The minimum Gasteiger partial charge on any atom is -0.361 e. The van der Waals surface area contributed by atoms with Crippen LogP contribution in [0.5, 0.6) is 0 Å². The molecule has 21 heavy (non-hydrogen) atoms. The van der Waals surface area contributed by atoms with E-state index in [0.29, 0.717) is 15.7 Å². The molecule has 0 aliphatic carbocycles. The van der Waals surface area contributed by atoms with Gasteiger partial charge in [0.25, 0.3) is 5.69 Å². The van der Waals surface area contributed by atoms with Crippen molar-refractivity contribution in [3.63, 3.8) is 0 Å². The predicted molar refractivity (Wildman–Crippen MR) is 82.1 cm³/mol. The number of hydrogen-bond donors (Lipinski definition) is 1. The predicted octanol–water partition coefficient (Wildman–Crippen LogP) is 3.56. The van der Waals surface area contributed by atoms with E-state index in [9.17, 15) is 14.9 Å². The van der Waals surface area contributed by atoms with Gasteiger partial charge in [0.1, 0.15) is 0 Å². The quantitative estimate of drug-likeness (QED) is 0.386. The first kappa shape index (κ1) is 14.9. The number of non-ortho nitro benzene ring substituents is 1. The Bertz CT molecular complexity index is 702. The second-order valence-corrected chi connectivity index (χ2v) is 4.85. The normalized spacial score (nSPS) is 10.5. The number of anilines is 1. The lowest BCUT2D eigenvalue weighted by atomic mass is 10.2. The zero-order valence-corrected chi connectivity index (χ0v) is 12.3. The second-order valence-electron chi connectivity index (χ2n) is 4.00. The minimum absolute atomic E-state index is 0.00994. The van der Waals surface area contributed by atoms with E-state index in [-0.39, 0.29) is 11.5 Å². The summed E-state index contributed by atoms with van der Waals surface area (Å²) in [6, 6.07) is 7.57. The number of nitrogens with one attached hydrogen (secondary N) is 1. The molecule has 2 aromatic rings. The van der Waals surface area contributed by atoms with E-state index < -0.39 is 4.92 Å². The van der Waals surface area contributed by atoms with E-state index >= 15 is 0 Å². The van der Waals surface area contributed by atoms with Crippen molar-refractivity contribution in [1.29, 1.82) is 0 Å². The van der Waals surface area contributed by atoms with Crippen molar-refractivity contribution < 1.29 is 9.72 Å². The Balaban J connectivity index is 2.05. The highest BCUT2D eigenvalue weighted by Gasteiger charge is 2.08. The van der Waals surface area contributed by atoms with Gasteiger partial charge in [-0.1, -0.05) is 0 Å². The van der Waals surface area contributed by atoms with E-state index in [1.165, 1.54) is 24.4 Å². The summed E-state index contributed by atoms with van der Waals surface area (Å²) in [5.41, 5.74) is 1.15. The van der Waals surface area contributed by atoms with Crippen LogP contribution in [0.15, 0.2) is 59.5 Å². The molecule has 0 aliphatic heterocycles. The number of nitrogens with zero attached hydrogens (tertiary/aromatic N) is 2. The monoisotopic (exact) mass is 347 g/mol. The number of aromatic nitrogens is 1. The van der Waals surface area contributed by atoms with Crippen LogP contribution in [0.25, 0.3) is 0 Å². The molecular formula is C14H10BrN3O3. The number of benzene rings is 1. The molecule has 1 aromatic carbocycles. The fraction of sp³-hybridized carbons (Fsp3) is 0. The Morgan fingerprint density at radius 1 is 1.29 bits per heavy atom. The molecule has 6 nitrogen and oxygen atoms in total. The van der Waals surface area contributed by atoms with Crippen LogP contribution in [-0.2, 0) is 0 Å². The fourth-order valence-electron chi connectivity index (χ4n) is 1.55. The van der Waals surface area contributed by atoms with Crippen LogP contribution in [0.3, 0.4) is 0 Å². The maximum absolute atomic E-state index is 11.8. The third-order valence-corrected chi connectivity index (χ3v) is 3.26. The summed E-state index contributed by atoms with van der Waals surface area (Å²) >= 11 is 3.23. The number of rotatable bonds is 5. The van der Waals surface area contributed by atoms with Crippen LogP contribution in [0.2, 0.25) is 0 Å². The van der Waals surface area contributed by atoms with Crippen LogP contribution in [0.1, 0.15) is 10.4 Å². The van der Waals surface area contributed by atoms with Gasteiger partial charge in [-0.2, -0.15) is 0 Å². The average Bonchev–Trinajstić information content (AvgIpc) is 2.49. The molecule has 0 aliphatic rings. The Labute approximate surface area is 128 Å². The van der Waals surface area contributed by atoms with Crippen LogP contribution in [0, 0.1) is 10.1 Å². The Kier molecular flexibility index (Phi) is 4.78. The van der Waals surface area contributed by atoms with Gasteiger partial charge in [-0.25, -0.2) is 0 Å². The molecule has 0 saturated carbocycles. The first-order chi connectivity index (χ1) is 10.1. The van der Waals surface area contributed by atoms with Crippen molar-refractivity contribution in [3.8, 4) is 0 Å². The molecule has 0 atom stereocenters. The molecule has 0 spiro atoms. The number of carbonyl (C=O) groups excluding carboxylic acids is 1. The fourth-order valence-corrected chi connectivity index (χ4v) is 2.04. The number of allylic oxidation sites excluding steroid dienone is 1. The highest BCUT2D eigenvalue weighted by atomic mass is 79.9. The third kappa shape index (κ3) is 3.96. The first-order valence-corrected chi connectivity index (χ1v) is 6.68. The van der Waals surface area contributed by atoms with Gasteiger partial charge in [0.15, 0.2) is 5.78 Å². The molecule has 1 N–H and O–H groups in total. The van der Waals surface area contributed by atoms with Crippen molar-refractivity contribution in [1.82, 2.24) is 4.98 Å². The molecule has 1 aromatic heterocycles. The van der Waals surface area contributed by atoms with Gasteiger partial charge < -0.3 is 5.32 Å². The average molecular weight is 348 g/mol. The number of halogens is 1. The van der Waals surface area contributed by atoms with Gasteiger partial charge in [0.2, 0.25) is 0 Å². The Morgan fingerprint density at radius 3 is 2.62 bits per heavy atom. The number of nitro groups is 1. The number of ketones is 1. The maximum Gasteiger partial charge on any atom is 0.270 e. The molecule has 106 valence electrons. The van der Waals surface area contributed by atoms with E-state index in [4.69, 9.17) is 0 Å². The highest BCUT2D eigenvalue weighted by molar-refractivity contribution is 9.10. The van der Waals surface area contributed by atoms with Crippen LogP contribution in [-0.4, -0.2) is 15.7 Å². The molecule has 0 saturated heterocycles. The van der Waals surface area contributed by atoms with Gasteiger partial charge in [-0.15, -0.1) is 0 Å². The summed E-state index contributed by atoms with van der Waals surface area (Å²) in [5, 5.41) is 13.5. The lowest BCUT2D eigenvalue weighted by Crippen LogP contribution is -1.97. The lowest BCUT2D eigenvalue weighted by Gasteiger charge is -2.03. The third-order valence-electron chi connectivity index (χ3n) is 2.60. The zero-order chi connectivity index (χ0) is 15.2. The van der Waals surface area contributed by atoms with Gasteiger partial charge in [-0.05, 0) is 34.1 Å². The molecule has 0 unspecified atom stereocenters. The smallest absolute Gasteiger partial charge is 0.270 e. The molecule has 0 radical (unpaired) electrons. The molecule has 0 fully saturated rings. The van der Waals surface area contributed by atoms with Crippen molar-refractivity contribution in [2.45, 2.75) is 0 Å². The van der Waals surface area contributed by atoms with Gasteiger partial charge >= 0.3 is 0 Å². The standard InChI is InChI=1S/C14H10BrN3O3/c15-12-9-11(18(20)21)1-2-13(12)17-8-5-14(19)10-3-6-16-7-4-10/h1-9,17H. The van der Waals surface area contributed by atoms with Crippen LogP contribution < -0.4 is 5.32 Å². The van der Waals surface area contributed by atoms with Crippen LogP contribution >= 0.6 is 15.9 Å². The minimum atomic E-state index is -0.475. The van der Waals surface area contributed by atoms with E-state index in [2.05, 4.69) is 26.2 Å². The zero-order valence-electron chi connectivity index (χ0n) is 10.7. The topological polar surface area (TPSA) is 85.1 Å². The Hall–Kier alpha value is -2.54. The van der Waals surface area contributed by atoms with Crippen LogP contribution in [0.4, 0.5) is 11.4 Å². The van der Waals surface area contributed by atoms with Gasteiger partial charge in [0.05, 0.1) is 10.6 Å². The SMILES string of the molecule is O=C(C=CNc1ccc([N+](=O)[O-])cc1Br)c1ccncc1. The first-order valence-electron chi connectivity index (χ1n) is 5.89. The van der Waals surface area contributed by atoms with Gasteiger partial charge in [0, 0.05) is 46.8 Å². The summed E-state index contributed by atoms with van der Waals surface area (Å²) < 4.78 is 0.540. The van der Waals surface area contributed by atoms with Crippen molar-refractivity contribution in [2.75, 3.05) is 5.32 Å². The number of carbonyl (C=O) groups is 1. The number of nitro benzene ring substituents is 1. The summed E-state index contributed by atoms with van der Waals surface area (Å²) in [6.07, 6.45) is 5.95. The summed E-state index contributed by atoms with van der Waals surface area (Å²) in [4.78, 5) is 25.8.